The first-order valence-corrected chi connectivity index (χ1v) is 7.10. The summed E-state index contributed by atoms with van der Waals surface area (Å²) >= 11 is 0. The summed E-state index contributed by atoms with van der Waals surface area (Å²) in [6.07, 6.45) is 5.48. The third-order valence-corrected chi connectivity index (χ3v) is 4.67. The van der Waals surface area contributed by atoms with Crippen molar-refractivity contribution in [3.8, 4) is 0 Å². The van der Waals surface area contributed by atoms with E-state index in [1.165, 1.54) is 38.8 Å². The average Bonchev–Trinajstić information content (AvgIpc) is 3.02. The van der Waals surface area contributed by atoms with Crippen LogP contribution in [0.5, 0.6) is 0 Å². The molecule has 0 aromatic heterocycles. The van der Waals surface area contributed by atoms with Gasteiger partial charge >= 0.3 is 0 Å². The van der Waals surface area contributed by atoms with Crippen LogP contribution in [-0.2, 0) is 0 Å². The van der Waals surface area contributed by atoms with E-state index < -0.39 is 0 Å². The molecule has 0 bridgehead atoms. The smallest absolute Gasteiger partial charge is 0.0278 e. The highest BCUT2D eigenvalue weighted by atomic mass is 15.3. The Balaban J connectivity index is 1.93. The lowest BCUT2D eigenvalue weighted by Gasteiger charge is -2.45. The zero-order valence-corrected chi connectivity index (χ0v) is 11.4. The van der Waals surface area contributed by atoms with Crippen LogP contribution in [0.4, 0.5) is 0 Å². The van der Waals surface area contributed by atoms with Crippen molar-refractivity contribution >= 4 is 0 Å². The molecule has 0 amide bonds. The Bertz CT molecular complexity index is 241. The van der Waals surface area contributed by atoms with Gasteiger partial charge in [-0.1, -0.05) is 20.3 Å². The van der Waals surface area contributed by atoms with Crippen molar-refractivity contribution in [3.05, 3.63) is 0 Å². The molecule has 1 saturated carbocycles. The summed E-state index contributed by atoms with van der Waals surface area (Å²) in [7, 11) is 0. The Morgan fingerprint density at radius 1 is 1.38 bits per heavy atom. The van der Waals surface area contributed by atoms with Gasteiger partial charge in [-0.05, 0) is 39.0 Å². The van der Waals surface area contributed by atoms with Crippen LogP contribution in [0.3, 0.4) is 0 Å². The lowest BCUT2D eigenvalue weighted by atomic mass is 9.93. The zero-order valence-electron chi connectivity index (χ0n) is 11.4. The highest BCUT2D eigenvalue weighted by Crippen LogP contribution is 2.41. The van der Waals surface area contributed by atoms with Crippen molar-refractivity contribution in [2.75, 3.05) is 13.1 Å². The molecule has 94 valence electrons. The molecular weight excluding hydrogens is 196 g/mol. The molecular formula is C14H28N2. The summed E-state index contributed by atoms with van der Waals surface area (Å²) in [4.78, 5) is 2.78. The van der Waals surface area contributed by atoms with Gasteiger partial charge in [-0.25, -0.2) is 0 Å². The fraction of sp³-hybridized carbons (Fsp3) is 1.00. The average molecular weight is 224 g/mol. The first-order valence-electron chi connectivity index (χ1n) is 7.10. The van der Waals surface area contributed by atoms with Crippen LogP contribution in [0.1, 0.15) is 53.4 Å². The van der Waals surface area contributed by atoms with E-state index in [0.717, 1.165) is 18.0 Å². The van der Waals surface area contributed by atoms with Crippen LogP contribution < -0.4 is 5.32 Å². The Kier molecular flexibility index (Phi) is 3.60. The number of piperazine rings is 1. The van der Waals surface area contributed by atoms with Gasteiger partial charge in [0, 0.05) is 30.7 Å². The second-order valence-electron chi connectivity index (χ2n) is 6.17. The van der Waals surface area contributed by atoms with E-state index in [2.05, 4.69) is 37.9 Å². The molecule has 0 spiro atoms. The second kappa shape index (κ2) is 4.66. The predicted octanol–water partition coefficient (Wildman–Crippen LogP) is 2.64. The molecule has 0 aromatic rings. The number of hydrogen-bond acceptors (Lipinski definition) is 2. The summed E-state index contributed by atoms with van der Waals surface area (Å²) in [6, 6.07) is 1.63. The summed E-state index contributed by atoms with van der Waals surface area (Å²) in [5.41, 5.74) is 0.353. The van der Waals surface area contributed by atoms with Crippen molar-refractivity contribution < 1.29 is 0 Å². The minimum absolute atomic E-state index is 0.353. The van der Waals surface area contributed by atoms with E-state index in [9.17, 15) is 0 Å². The normalized spacial score (nSPS) is 44.6. The van der Waals surface area contributed by atoms with E-state index in [1.807, 2.05) is 0 Å². The van der Waals surface area contributed by atoms with E-state index in [4.69, 9.17) is 0 Å². The largest absolute Gasteiger partial charge is 0.309 e. The lowest BCUT2D eigenvalue weighted by molar-refractivity contribution is 0.0808. The number of rotatable bonds is 4. The first kappa shape index (κ1) is 12.4. The Hall–Kier alpha value is -0.0800. The van der Waals surface area contributed by atoms with Crippen molar-refractivity contribution in [3.63, 3.8) is 0 Å². The summed E-state index contributed by atoms with van der Waals surface area (Å²) in [6.45, 7) is 11.8. The van der Waals surface area contributed by atoms with Crippen LogP contribution in [0.25, 0.3) is 0 Å². The van der Waals surface area contributed by atoms with Crippen LogP contribution >= 0.6 is 0 Å². The molecule has 1 heterocycles. The maximum atomic E-state index is 3.71. The van der Waals surface area contributed by atoms with Gasteiger partial charge in [-0.3, -0.25) is 4.90 Å². The predicted molar refractivity (Wildman–Crippen MR) is 69.7 cm³/mol. The fourth-order valence-electron chi connectivity index (χ4n) is 3.13. The maximum absolute atomic E-state index is 3.71. The van der Waals surface area contributed by atoms with Crippen LogP contribution in [0.15, 0.2) is 0 Å². The van der Waals surface area contributed by atoms with Crippen LogP contribution in [0.2, 0.25) is 0 Å². The molecule has 0 aromatic carbocycles. The Morgan fingerprint density at radius 3 is 2.75 bits per heavy atom. The number of hydrogen-bond donors (Lipinski definition) is 1. The molecule has 0 radical (unpaired) electrons. The number of nitrogens with one attached hydrogen (secondary N) is 1. The second-order valence-corrected chi connectivity index (χ2v) is 6.17. The van der Waals surface area contributed by atoms with Crippen LogP contribution in [0, 0.1) is 5.92 Å². The topological polar surface area (TPSA) is 15.3 Å². The standard InChI is InChI=1S/C14H28N2/c1-5-7-12-8-13(12)16-10-14(4,6-2)15-9-11(16)3/h11-13,15H,5-10H2,1-4H3. The zero-order chi connectivity index (χ0) is 11.8. The minimum atomic E-state index is 0.353. The summed E-state index contributed by atoms with van der Waals surface area (Å²) in [5, 5.41) is 3.71. The number of nitrogens with zero attached hydrogens (tertiary/aromatic N) is 1. The molecule has 1 aliphatic carbocycles. The summed E-state index contributed by atoms with van der Waals surface area (Å²) < 4.78 is 0. The van der Waals surface area contributed by atoms with Crippen molar-refractivity contribution in [1.82, 2.24) is 10.2 Å². The third-order valence-electron chi connectivity index (χ3n) is 4.67. The van der Waals surface area contributed by atoms with E-state index >= 15 is 0 Å². The molecule has 4 unspecified atom stereocenters. The Morgan fingerprint density at radius 2 is 2.12 bits per heavy atom. The highest BCUT2D eigenvalue weighted by molar-refractivity contribution is 5.02. The molecule has 4 atom stereocenters. The maximum Gasteiger partial charge on any atom is 0.0278 e. The van der Waals surface area contributed by atoms with E-state index in [0.29, 0.717) is 5.54 Å². The molecule has 1 aliphatic heterocycles. The van der Waals surface area contributed by atoms with Gasteiger partial charge in [0.15, 0.2) is 0 Å². The van der Waals surface area contributed by atoms with Gasteiger partial charge in [0.1, 0.15) is 0 Å². The summed E-state index contributed by atoms with van der Waals surface area (Å²) in [5.74, 6) is 1.01. The molecule has 2 fully saturated rings. The van der Waals surface area contributed by atoms with E-state index in [1.54, 1.807) is 0 Å². The van der Waals surface area contributed by atoms with Gasteiger partial charge in [0.2, 0.25) is 0 Å². The van der Waals surface area contributed by atoms with E-state index in [-0.39, 0.29) is 0 Å². The first-order chi connectivity index (χ1) is 7.59. The molecule has 1 saturated heterocycles. The van der Waals surface area contributed by atoms with Crippen LogP contribution in [-0.4, -0.2) is 35.6 Å². The monoisotopic (exact) mass is 224 g/mol. The van der Waals surface area contributed by atoms with Crippen molar-refractivity contribution in [2.24, 2.45) is 5.92 Å². The van der Waals surface area contributed by atoms with Crippen molar-refractivity contribution in [1.29, 1.82) is 0 Å². The highest BCUT2D eigenvalue weighted by Gasteiger charge is 2.46. The quantitative estimate of drug-likeness (QED) is 0.790. The van der Waals surface area contributed by atoms with Crippen molar-refractivity contribution in [2.45, 2.75) is 71.0 Å². The molecule has 2 aliphatic rings. The Labute approximate surface area is 101 Å². The molecule has 16 heavy (non-hydrogen) atoms. The molecule has 2 nitrogen and oxygen atoms in total. The van der Waals surface area contributed by atoms with Gasteiger partial charge in [0.05, 0.1) is 0 Å². The van der Waals surface area contributed by atoms with Gasteiger partial charge in [-0.2, -0.15) is 0 Å². The molecule has 2 rings (SSSR count). The minimum Gasteiger partial charge on any atom is -0.309 e. The van der Waals surface area contributed by atoms with Gasteiger partial charge in [-0.15, -0.1) is 0 Å². The lowest BCUT2D eigenvalue weighted by Crippen LogP contribution is -2.62. The SMILES string of the molecule is CCCC1CC1N1CC(C)(CC)NCC1C. The fourth-order valence-corrected chi connectivity index (χ4v) is 3.13. The molecule has 2 heteroatoms. The molecule has 1 N–H and O–H groups in total. The third kappa shape index (κ3) is 2.43. The van der Waals surface area contributed by atoms with Gasteiger partial charge < -0.3 is 5.32 Å². The van der Waals surface area contributed by atoms with Gasteiger partial charge in [0.25, 0.3) is 0 Å².